The van der Waals surface area contributed by atoms with Crippen molar-refractivity contribution in [1.29, 1.82) is 0 Å². The minimum atomic E-state index is -0.468. The average molecular weight is 286 g/mol. The van der Waals surface area contributed by atoms with Crippen LogP contribution in [0.1, 0.15) is 19.4 Å². The molecule has 0 aliphatic rings. The normalized spacial score (nSPS) is 11.9. The zero-order chi connectivity index (χ0) is 14.4. The minimum Gasteiger partial charge on any atom is -0.355 e. The maximum Gasteiger partial charge on any atom is 0.273 e. The first-order valence-corrected chi connectivity index (χ1v) is 6.27. The van der Waals surface area contributed by atoms with Crippen molar-refractivity contribution in [2.45, 2.75) is 26.4 Å². The minimum absolute atomic E-state index is 0.0139. The van der Waals surface area contributed by atoms with Gasteiger partial charge in [0.05, 0.1) is 11.0 Å². The van der Waals surface area contributed by atoms with Crippen LogP contribution >= 0.6 is 11.6 Å². The molecule has 0 bridgehead atoms. The van der Waals surface area contributed by atoms with Gasteiger partial charge in [-0.2, -0.15) is 0 Å². The van der Waals surface area contributed by atoms with Crippen LogP contribution in [0.4, 0.5) is 5.69 Å². The van der Waals surface area contributed by atoms with Crippen LogP contribution in [0.5, 0.6) is 0 Å². The number of benzene rings is 1. The number of carbonyl (C=O) groups excluding carboxylic acids is 1. The van der Waals surface area contributed by atoms with Gasteiger partial charge in [0.2, 0.25) is 5.91 Å². The number of hydrogen-bond acceptors (Lipinski definition) is 4. The van der Waals surface area contributed by atoms with Gasteiger partial charge in [0.1, 0.15) is 0 Å². The fourth-order valence-corrected chi connectivity index (χ4v) is 1.75. The molecule has 1 aromatic rings. The first kappa shape index (κ1) is 15.4. The Morgan fingerprint density at radius 2 is 2.21 bits per heavy atom. The monoisotopic (exact) mass is 285 g/mol. The lowest BCUT2D eigenvalue weighted by molar-refractivity contribution is -0.385. The van der Waals surface area contributed by atoms with Crippen molar-refractivity contribution in [3.8, 4) is 0 Å². The summed E-state index contributed by atoms with van der Waals surface area (Å²) in [6.07, 6.45) is 0. The molecule has 0 spiro atoms. The van der Waals surface area contributed by atoms with E-state index in [2.05, 4.69) is 10.6 Å². The van der Waals surface area contributed by atoms with Gasteiger partial charge in [0.15, 0.2) is 0 Å². The number of amides is 1. The number of halogens is 1. The van der Waals surface area contributed by atoms with Crippen LogP contribution in [0.25, 0.3) is 0 Å². The maximum absolute atomic E-state index is 11.5. The van der Waals surface area contributed by atoms with E-state index >= 15 is 0 Å². The Bertz CT molecular complexity index is 479. The predicted octanol–water partition coefficient (Wildman–Crippen LogP) is 1.86. The Kier molecular flexibility index (Phi) is 5.72. The van der Waals surface area contributed by atoms with Crippen molar-refractivity contribution in [2.75, 3.05) is 6.54 Å². The van der Waals surface area contributed by atoms with Crippen LogP contribution in [0, 0.1) is 10.1 Å². The summed E-state index contributed by atoms with van der Waals surface area (Å²) >= 11 is 5.82. The van der Waals surface area contributed by atoms with E-state index in [1.165, 1.54) is 18.2 Å². The van der Waals surface area contributed by atoms with E-state index in [1.807, 2.05) is 6.92 Å². The maximum atomic E-state index is 11.5. The molecule has 1 unspecified atom stereocenters. The van der Waals surface area contributed by atoms with E-state index < -0.39 is 11.0 Å². The molecule has 0 aliphatic heterocycles. The number of carbonyl (C=O) groups is 1. The lowest BCUT2D eigenvalue weighted by Gasteiger charge is -2.13. The molecule has 0 aliphatic carbocycles. The summed E-state index contributed by atoms with van der Waals surface area (Å²) in [5.41, 5.74) is 0.439. The zero-order valence-electron chi connectivity index (χ0n) is 10.8. The molecule has 1 rings (SSSR count). The highest BCUT2D eigenvalue weighted by Crippen LogP contribution is 2.22. The second kappa shape index (κ2) is 7.06. The highest BCUT2D eigenvalue weighted by Gasteiger charge is 2.16. The van der Waals surface area contributed by atoms with Crippen molar-refractivity contribution >= 4 is 23.2 Å². The standard InChI is InChI=1S/C12H16ClN3O3/c1-3-14-12(17)8(2)15-7-9-6-10(13)4-5-11(9)16(18)19/h4-6,8,15H,3,7H2,1-2H3,(H,14,17). The van der Waals surface area contributed by atoms with Crippen LogP contribution in [0.15, 0.2) is 18.2 Å². The van der Waals surface area contributed by atoms with Crippen molar-refractivity contribution < 1.29 is 9.72 Å². The second-order valence-electron chi connectivity index (χ2n) is 4.03. The predicted molar refractivity (Wildman–Crippen MR) is 73.1 cm³/mol. The molecule has 0 radical (unpaired) electrons. The van der Waals surface area contributed by atoms with E-state index in [0.717, 1.165) is 0 Å². The van der Waals surface area contributed by atoms with Gasteiger partial charge in [-0.1, -0.05) is 11.6 Å². The van der Waals surface area contributed by atoms with E-state index in [4.69, 9.17) is 11.6 Å². The molecule has 19 heavy (non-hydrogen) atoms. The Balaban J connectivity index is 2.74. The molecular weight excluding hydrogens is 270 g/mol. The summed E-state index contributed by atoms with van der Waals surface area (Å²) in [5, 5.41) is 16.9. The smallest absolute Gasteiger partial charge is 0.273 e. The molecule has 104 valence electrons. The third-order valence-electron chi connectivity index (χ3n) is 2.58. The molecule has 0 aromatic heterocycles. The quantitative estimate of drug-likeness (QED) is 0.617. The lowest BCUT2D eigenvalue weighted by atomic mass is 10.1. The summed E-state index contributed by atoms with van der Waals surface area (Å²) in [5.74, 6) is -0.146. The third kappa shape index (κ3) is 4.50. The van der Waals surface area contributed by atoms with Gasteiger partial charge in [-0.3, -0.25) is 14.9 Å². The number of nitro benzene ring substituents is 1. The van der Waals surface area contributed by atoms with Crippen LogP contribution in [-0.4, -0.2) is 23.4 Å². The number of rotatable bonds is 6. The summed E-state index contributed by atoms with van der Waals surface area (Å²) in [7, 11) is 0. The number of nitrogens with zero attached hydrogens (tertiary/aromatic N) is 1. The van der Waals surface area contributed by atoms with E-state index in [0.29, 0.717) is 17.1 Å². The Hall–Kier alpha value is -1.66. The van der Waals surface area contributed by atoms with E-state index in [-0.39, 0.29) is 18.1 Å². The Morgan fingerprint density at radius 1 is 1.53 bits per heavy atom. The topological polar surface area (TPSA) is 84.3 Å². The van der Waals surface area contributed by atoms with Gasteiger partial charge in [-0.15, -0.1) is 0 Å². The van der Waals surface area contributed by atoms with Crippen LogP contribution < -0.4 is 10.6 Å². The van der Waals surface area contributed by atoms with Gasteiger partial charge in [-0.25, -0.2) is 0 Å². The Labute approximate surface area is 116 Å². The highest BCUT2D eigenvalue weighted by atomic mass is 35.5. The van der Waals surface area contributed by atoms with Crippen molar-refractivity contribution in [3.63, 3.8) is 0 Å². The third-order valence-corrected chi connectivity index (χ3v) is 2.82. The number of likely N-dealkylation sites (N-methyl/N-ethyl adjacent to an activating group) is 1. The molecule has 0 saturated carbocycles. The summed E-state index contributed by atoms with van der Waals surface area (Å²) in [4.78, 5) is 21.9. The fourth-order valence-electron chi connectivity index (χ4n) is 1.56. The first-order chi connectivity index (χ1) is 8.95. The van der Waals surface area contributed by atoms with Gasteiger partial charge >= 0.3 is 0 Å². The molecular formula is C12H16ClN3O3. The SMILES string of the molecule is CCNC(=O)C(C)NCc1cc(Cl)ccc1[N+](=O)[O-]. The van der Waals surface area contributed by atoms with Crippen molar-refractivity contribution in [3.05, 3.63) is 38.9 Å². The largest absolute Gasteiger partial charge is 0.355 e. The fraction of sp³-hybridized carbons (Fsp3) is 0.417. The van der Waals surface area contributed by atoms with Crippen LogP contribution in [0.2, 0.25) is 5.02 Å². The van der Waals surface area contributed by atoms with Crippen LogP contribution in [-0.2, 0) is 11.3 Å². The summed E-state index contributed by atoms with van der Waals surface area (Å²) in [6.45, 7) is 4.27. The highest BCUT2D eigenvalue weighted by molar-refractivity contribution is 6.30. The molecule has 0 saturated heterocycles. The Morgan fingerprint density at radius 3 is 2.79 bits per heavy atom. The molecule has 1 amide bonds. The molecule has 6 nitrogen and oxygen atoms in total. The van der Waals surface area contributed by atoms with E-state index in [1.54, 1.807) is 6.92 Å². The van der Waals surface area contributed by atoms with Crippen molar-refractivity contribution in [1.82, 2.24) is 10.6 Å². The molecule has 0 heterocycles. The molecule has 1 aromatic carbocycles. The zero-order valence-corrected chi connectivity index (χ0v) is 11.5. The van der Waals surface area contributed by atoms with Crippen molar-refractivity contribution in [2.24, 2.45) is 0 Å². The first-order valence-electron chi connectivity index (χ1n) is 5.89. The van der Waals surface area contributed by atoms with E-state index in [9.17, 15) is 14.9 Å². The second-order valence-corrected chi connectivity index (χ2v) is 4.46. The summed E-state index contributed by atoms with van der Waals surface area (Å²) in [6, 6.07) is 3.92. The molecule has 1 atom stereocenters. The summed E-state index contributed by atoms with van der Waals surface area (Å²) < 4.78 is 0. The number of hydrogen-bond donors (Lipinski definition) is 2. The molecule has 2 N–H and O–H groups in total. The van der Waals surface area contributed by atoms with Gasteiger partial charge in [0.25, 0.3) is 5.69 Å². The van der Waals surface area contributed by atoms with Gasteiger partial charge in [0, 0.05) is 29.7 Å². The average Bonchev–Trinajstić information content (AvgIpc) is 2.35. The van der Waals surface area contributed by atoms with Gasteiger partial charge in [-0.05, 0) is 26.0 Å². The van der Waals surface area contributed by atoms with Gasteiger partial charge < -0.3 is 10.6 Å². The van der Waals surface area contributed by atoms with Crippen LogP contribution in [0.3, 0.4) is 0 Å². The number of nitrogens with one attached hydrogen (secondary N) is 2. The lowest BCUT2D eigenvalue weighted by Crippen LogP contribution is -2.41. The molecule has 7 heteroatoms. The number of nitro groups is 1. The molecule has 0 fully saturated rings.